The van der Waals surface area contributed by atoms with Gasteiger partial charge in [0.1, 0.15) is 0 Å². The Morgan fingerprint density at radius 3 is 0.698 bits per heavy atom. The second-order valence-electron chi connectivity index (χ2n) is 25.7. The van der Waals surface area contributed by atoms with E-state index in [0.717, 1.165) is 100 Å². The molecule has 0 fully saturated rings. The van der Waals surface area contributed by atoms with Gasteiger partial charge < -0.3 is 30.6 Å². The molecular formula is C84H84O12. The van der Waals surface area contributed by atoms with E-state index in [4.69, 9.17) is 38.5 Å². The molecule has 6 N–H and O–H groups in total. The van der Waals surface area contributed by atoms with Crippen molar-refractivity contribution in [1.82, 2.24) is 0 Å². The number of carbonyl (C=O) groups excluding carboxylic acids is 6. The Labute approximate surface area is 565 Å². The van der Waals surface area contributed by atoms with E-state index < -0.39 is 36.6 Å². The Balaban J connectivity index is 0.000000163. The molecule has 12 atom stereocenters. The molecule has 6 aromatic rings. The topological polar surface area (TPSA) is 224 Å². The SMILES string of the molecule is C#CCC(O)C1Cc2c(C)cccc2C1=O.C#CCC(O)C1Cc2c(C)cccc2C1=O.C#CCC(O)C1Cc2cc(C)ccc2C1=O.C#CCC(O)C1Cc2cc(C)ccc2C1=O.C#CCC(O)C1Cc2cc(C)ccc2C1=O.C#CCC(O)C1Cc2cc(C)ccc2C1=O. The maximum absolute atomic E-state index is 12.0. The zero-order chi connectivity index (χ0) is 70.2. The number of carbonyl (C=O) groups is 6. The normalized spacial score (nSPS) is 20.3. The van der Waals surface area contributed by atoms with Gasteiger partial charge in [-0.15, -0.1) is 74.1 Å². The highest BCUT2D eigenvalue weighted by Gasteiger charge is 2.40. The number of terminal acetylenes is 6. The number of aliphatic hydroxyl groups excluding tert-OH is 6. The fourth-order valence-electron chi connectivity index (χ4n) is 13.5. The molecule has 0 aromatic heterocycles. The van der Waals surface area contributed by atoms with Crippen molar-refractivity contribution < 1.29 is 59.4 Å². The number of aliphatic hydroxyl groups is 6. The number of aryl methyl sites for hydroxylation is 6. The van der Waals surface area contributed by atoms with E-state index in [9.17, 15) is 59.4 Å². The van der Waals surface area contributed by atoms with E-state index in [-0.39, 0.29) is 109 Å². The summed E-state index contributed by atoms with van der Waals surface area (Å²) >= 11 is 0. The maximum atomic E-state index is 12.0. The van der Waals surface area contributed by atoms with Crippen LogP contribution in [0.3, 0.4) is 0 Å². The molecule has 6 aliphatic carbocycles. The highest BCUT2D eigenvalue weighted by Crippen LogP contribution is 2.37. The van der Waals surface area contributed by atoms with Crippen molar-refractivity contribution in [2.75, 3.05) is 0 Å². The molecule has 0 saturated carbocycles. The molecule has 6 aromatic carbocycles. The summed E-state index contributed by atoms with van der Waals surface area (Å²) < 4.78 is 0. The zero-order valence-corrected chi connectivity index (χ0v) is 55.4. The fourth-order valence-corrected chi connectivity index (χ4v) is 13.5. The van der Waals surface area contributed by atoms with Crippen LogP contribution in [0.25, 0.3) is 0 Å². The number of benzene rings is 6. The summed E-state index contributed by atoms with van der Waals surface area (Å²) in [5.74, 6) is 12.4. The van der Waals surface area contributed by atoms with Crippen molar-refractivity contribution >= 4 is 34.7 Å². The predicted molar refractivity (Wildman–Crippen MR) is 373 cm³/mol. The quantitative estimate of drug-likeness (QED) is 0.0630. The van der Waals surface area contributed by atoms with E-state index >= 15 is 0 Å². The van der Waals surface area contributed by atoms with E-state index in [1.54, 1.807) is 0 Å². The molecule has 0 radical (unpaired) electrons. The Bertz CT molecular complexity index is 3750. The second-order valence-corrected chi connectivity index (χ2v) is 25.7. The number of fused-ring (bicyclic) bond motifs is 6. The smallest absolute Gasteiger partial charge is 0.169 e. The van der Waals surface area contributed by atoms with Gasteiger partial charge in [-0.2, -0.15) is 0 Å². The summed E-state index contributed by atoms with van der Waals surface area (Å²) in [6.45, 7) is 12.0. The molecule has 0 heterocycles. The average molecular weight is 1290 g/mol. The lowest BCUT2D eigenvalue weighted by Crippen LogP contribution is -2.25. The minimum Gasteiger partial charge on any atom is -0.391 e. The summed E-state index contributed by atoms with van der Waals surface area (Å²) in [5.41, 5.74) is 17.5. The van der Waals surface area contributed by atoms with Crippen molar-refractivity contribution in [3.8, 4) is 74.1 Å². The number of ketones is 6. The van der Waals surface area contributed by atoms with Crippen molar-refractivity contribution in [3.05, 3.63) is 209 Å². The van der Waals surface area contributed by atoms with Crippen LogP contribution in [0.2, 0.25) is 0 Å². The van der Waals surface area contributed by atoms with Gasteiger partial charge in [-0.1, -0.05) is 131 Å². The third kappa shape index (κ3) is 17.3. The second kappa shape index (κ2) is 33.7. The highest BCUT2D eigenvalue weighted by molar-refractivity contribution is 6.06. The van der Waals surface area contributed by atoms with Gasteiger partial charge >= 0.3 is 0 Å². The number of rotatable bonds is 12. The van der Waals surface area contributed by atoms with Gasteiger partial charge in [0.25, 0.3) is 0 Å². The third-order valence-electron chi connectivity index (χ3n) is 18.8. The highest BCUT2D eigenvalue weighted by atomic mass is 16.3. The summed E-state index contributed by atoms with van der Waals surface area (Å²) in [4.78, 5) is 72.1. The Hall–Kier alpha value is -9.54. The van der Waals surface area contributed by atoms with Gasteiger partial charge in [-0.3, -0.25) is 28.8 Å². The monoisotopic (exact) mass is 1280 g/mol. The van der Waals surface area contributed by atoms with Crippen molar-refractivity contribution in [1.29, 1.82) is 0 Å². The number of hydrogen-bond acceptors (Lipinski definition) is 12. The lowest BCUT2D eigenvalue weighted by molar-refractivity contribution is 0.0715. The minimum atomic E-state index is -0.718. The fraction of sp³-hybridized carbons (Fsp3) is 0.357. The molecule has 12 heteroatoms. The Morgan fingerprint density at radius 1 is 0.302 bits per heavy atom. The van der Waals surface area contributed by atoms with Gasteiger partial charge in [0.2, 0.25) is 0 Å². The number of hydrogen-bond donors (Lipinski definition) is 6. The zero-order valence-electron chi connectivity index (χ0n) is 55.4. The molecule has 492 valence electrons. The summed E-state index contributed by atoms with van der Waals surface area (Å²) in [6, 6.07) is 34.5. The largest absolute Gasteiger partial charge is 0.391 e. The van der Waals surface area contributed by atoms with Crippen LogP contribution in [0.15, 0.2) is 109 Å². The summed E-state index contributed by atoms with van der Waals surface area (Å²) in [5, 5.41) is 58.8. The molecule has 12 unspecified atom stereocenters. The average Bonchev–Trinajstić information content (AvgIpc) is 1.69. The van der Waals surface area contributed by atoms with Crippen molar-refractivity contribution in [3.63, 3.8) is 0 Å². The van der Waals surface area contributed by atoms with E-state index in [1.165, 1.54) is 0 Å². The first-order valence-electron chi connectivity index (χ1n) is 32.3. The molecular weight excluding hydrogens is 1200 g/mol. The molecule has 0 amide bonds. The molecule has 0 aliphatic heterocycles. The number of Topliss-reactive ketones (excluding diaryl/α,β-unsaturated/α-hetero) is 6. The van der Waals surface area contributed by atoms with Crippen LogP contribution in [0.5, 0.6) is 0 Å². The predicted octanol–water partition coefficient (Wildman–Crippen LogP) is 10.4. The Kier molecular flexibility index (Phi) is 25.9. The van der Waals surface area contributed by atoms with Gasteiger partial charge in [-0.05, 0) is 125 Å². The van der Waals surface area contributed by atoms with Crippen LogP contribution >= 0.6 is 0 Å². The summed E-state index contributed by atoms with van der Waals surface area (Å²) in [7, 11) is 0. The maximum Gasteiger partial charge on any atom is 0.169 e. The molecule has 12 rings (SSSR count). The lowest BCUT2D eigenvalue weighted by atomic mass is 9.96. The van der Waals surface area contributed by atoms with Crippen LogP contribution in [-0.4, -0.2) is 102 Å². The van der Waals surface area contributed by atoms with Crippen LogP contribution in [0.4, 0.5) is 0 Å². The molecule has 0 saturated heterocycles. The third-order valence-corrected chi connectivity index (χ3v) is 18.8. The molecule has 12 nitrogen and oxygen atoms in total. The van der Waals surface area contributed by atoms with Crippen molar-refractivity contribution in [2.24, 2.45) is 35.5 Å². The first kappa shape index (κ1) is 73.9. The van der Waals surface area contributed by atoms with Gasteiger partial charge in [-0.25, -0.2) is 0 Å². The molecule has 6 aliphatic rings. The molecule has 0 spiro atoms. The van der Waals surface area contributed by atoms with E-state index in [0.29, 0.717) is 38.5 Å². The van der Waals surface area contributed by atoms with Crippen LogP contribution < -0.4 is 0 Å². The van der Waals surface area contributed by atoms with Crippen LogP contribution in [0, 0.1) is 151 Å². The van der Waals surface area contributed by atoms with Crippen LogP contribution in [-0.2, 0) is 38.5 Å². The van der Waals surface area contributed by atoms with Gasteiger partial charge in [0.15, 0.2) is 34.7 Å². The van der Waals surface area contributed by atoms with Gasteiger partial charge in [0, 0.05) is 71.9 Å². The summed E-state index contributed by atoms with van der Waals surface area (Å²) in [6.07, 6.45) is 31.7. The van der Waals surface area contributed by atoms with Gasteiger partial charge in [0.05, 0.1) is 72.1 Å². The lowest BCUT2D eigenvalue weighted by Gasteiger charge is -2.13. The first-order valence-corrected chi connectivity index (χ1v) is 32.3. The van der Waals surface area contributed by atoms with E-state index in [2.05, 4.69) is 35.5 Å². The van der Waals surface area contributed by atoms with Crippen molar-refractivity contribution in [2.45, 2.75) is 155 Å². The molecule has 0 bridgehead atoms. The minimum absolute atomic E-state index is 0.0257. The Morgan fingerprint density at radius 2 is 0.500 bits per heavy atom. The van der Waals surface area contributed by atoms with Crippen LogP contribution in [0.1, 0.15) is 167 Å². The first-order chi connectivity index (χ1) is 45.8. The standard InChI is InChI=1S/6C14H14O2/c2*1-3-5-13(15)12-8-11-9(2)6-4-7-10(11)14(12)16;4*1-3-4-13(15)12-8-10-7-9(2)5-6-11(10)14(12)16/h2*1,4,6-7,12-13,15H,5,8H2,2H3;4*1,5-7,12-13,15H,4,8H2,2H3. The van der Waals surface area contributed by atoms with E-state index in [1.807, 2.05) is 151 Å². The molecule has 96 heavy (non-hydrogen) atoms.